The van der Waals surface area contributed by atoms with Crippen molar-refractivity contribution < 1.29 is 4.74 Å². The van der Waals surface area contributed by atoms with Crippen molar-refractivity contribution in [2.75, 3.05) is 6.54 Å². The Labute approximate surface area is 123 Å². The molecule has 0 bridgehead atoms. The van der Waals surface area contributed by atoms with Crippen LogP contribution in [0.1, 0.15) is 58.1 Å². The predicted molar refractivity (Wildman–Crippen MR) is 82.9 cm³/mol. The van der Waals surface area contributed by atoms with Crippen LogP contribution in [0.5, 0.6) is 5.75 Å². The van der Waals surface area contributed by atoms with Crippen LogP contribution in [-0.4, -0.2) is 17.6 Å². The van der Waals surface area contributed by atoms with Crippen LogP contribution >= 0.6 is 0 Å². The van der Waals surface area contributed by atoms with Crippen molar-refractivity contribution in [1.82, 2.24) is 10.3 Å². The highest BCUT2D eigenvalue weighted by Gasteiger charge is 2.22. The van der Waals surface area contributed by atoms with Gasteiger partial charge >= 0.3 is 0 Å². The molecule has 3 nitrogen and oxygen atoms in total. The van der Waals surface area contributed by atoms with Crippen LogP contribution in [0.25, 0.3) is 0 Å². The van der Waals surface area contributed by atoms with Crippen LogP contribution in [0.4, 0.5) is 0 Å². The van der Waals surface area contributed by atoms with E-state index in [1.807, 2.05) is 6.20 Å². The largest absolute Gasteiger partial charge is 0.489 e. The lowest BCUT2D eigenvalue weighted by molar-refractivity contribution is 0.121. The molecule has 1 aliphatic rings. The summed E-state index contributed by atoms with van der Waals surface area (Å²) in [4.78, 5) is 4.47. The van der Waals surface area contributed by atoms with Crippen LogP contribution < -0.4 is 10.1 Å². The number of hydrogen-bond acceptors (Lipinski definition) is 3. The van der Waals surface area contributed by atoms with Gasteiger partial charge in [0.1, 0.15) is 5.75 Å². The average Bonchev–Trinajstić information content (AvgIpc) is 2.49. The van der Waals surface area contributed by atoms with Crippen molar-refractivity contribution in [3.8, 4) is 5.75 Å². The third-order valence-electron chi connectivity index (χ3n) is 4.15. The fourth-order valence-electron chi connectivity index (χ4n) is 2.89. The minimum Gasteiger partial charge on any atom is -0.489 e. The summed E-state index contributed by atoms with van der Waals surface area (Å²) in [5.41, 5.74) is 1.08. The summed E-state index contributed by atoms with van der Waals surface area (Å²) >= 11 is 0. The van der Waals surface area contributed by atoms with Crippen molar-refractivity contribution in [3.05, 3.63) is 24.0 Å². The van der Waals surface area contributed by atoms with E-state index in [0.717, 1.165) is 36.9 Å². The summed E-state index contributed by atoms with van der Waals surface area (Å²) in [6, 6.07) is 4.13. The van der Waals surface area contributed by atoms with Crippen molar-refractivity contribution in [2.45, 2.75) is 65.0 Å². The minimum absolute atomic E-state index is 0.388. The Morgan fingerprint density at radius 3 is 2.90 bits per heavy atom. The molecular formula is C17H28N2O. The Kier molecular flexibility index (Phi) is 6.31. The molecule has 1 aromatic rings. The molecule has 112 valence electrons. The Bertz CT molecular complexity index is 377. The SMILES string of the molecule is CCCNCc1ccc(OC2CCCC(CC)C2)cn1. The van der Waals surface area contributed by atoms with Gasteiger partial charge in [-0.3, -0.25) is 4.98 Å². The molecule has 1 fully saturated rings. The van der Waals surface area contributed by atoms with E-state index in [-0.39, 0.29) is 0 Å². The average molecular weight is 276 g/mol. The summed E-state index contributed by atoms with van der Waals surface area (Å²) in [5.74, 6) is 1.77. The van der Waals surface area contributed by atoms with E-state index in [9.17, 15) is 0 Å². The molecule has 1 aliphatic carbocycles. The number of hydrogen-bond donors (Lipinski definition) is 1. The summed E-state index contributed by atoms with van der Waals surface area (Å²) in [7, 11) is 0. The molecule has 0 radical (unpaired) electrons. The van der Waals surface area contributed by atoms with Crippen LogP contribution in [0.3, 0.4) is 0 Å². The Morgan fingerprint density at radius 2 is 2.20 bits per heavy atom. The highest BCUT2D eigenvalue weighted by Crippen LogP contribution is 2.29. The third-order valence-corrected chi connectivity index (χ3v) is 4.15. The van der Waals surface area contributed by atoms with E-state index in [1.54, 1.807) is 0 Å². The van der Waals surface area contributed by atoms with Gasteiger partial charge < -0.3 is 10.1 Å². The zero-order valence-corrected chi connectivity index (χ0v) is 12.9. The van der Waals surface area contributed by atoms with Crippen LogP contribution in [0.15, 0.2) is 18.3 Å². The predicted octanol–water partition coefficient (Wildman–Crippen LogP) is 3.93. The molecule has 3 heteroatoms. The highest BCUT2D eigenvalue weighted by molar-refractivity contribution is 5.20. The van der Waals surface area contributed by atoms with Gasteiger partial charge in [0, 0.05) is 6.54 Å². The second-order valence-electron chi connectivity index (χ2n) is 5.84. The van der Waals surface area contributed by atoms with Gasteiger partial charge in [-0.25, -0.2) is 0 Å². The fourth-order valence-corrected chi connectivity index (χ4v) is 2.89. The highest BCUT2D eigenvalue weighted by atomic mass is 16.5. The van der Waals surface area contributed by atoms with Gasteiger partial charge in [-0.15, -0.1) is 0 Å². The molecule has 2 unspecified atom stereocenters. The maximum atomic E-state index is 6.09. The van der Waals surface area contributed by atoms with E-state index in [4.69, 9.17) is 4.74 Å². The van der Waals surface area contributed by atoms with Crippen molar-refractivity contribution in [3.63, 3.8) is 0 Å². The molecule has 2 atom stereocenters. The number of nitrogens with zero attached hydrogens (tertiary/aromatic N) is 1. The Balaban J connectivity index is 1.80. The van der Waals surface area contributed by atoms with Gasteiger partial charge in [-0.1, -0.05) is 26.7 Å². The maximum absolute atomic E-state index is 6.09. The van der Waals surface area contributed by atoms with Gasteiger partial charge in [0.05, 0.1) is 18.0 Å². The van der Waals surface area contributed by atoms with Gasteiger partial charge in [0.25, 0.3) is 0 Å². The van der Waals surface area contributed by atoms with Crippen molar-refractivity contribution in [1.29, 1.82) is 0 Å². The summed E-state index contributed by atoms with van der Waals surface area (Å²) in [6.45, 7) is 6.34. The van der Waals surface area contributed by atoms with Gasteiger partial charge in [0.2, 0.25) is 0 Å². The Hall–Kier alpha value is -1.09. The van der Waals surface area contributed by atoms with Gasteiger partial charge in [-0.2, -0.15) is 0 Å². The first-order valence-electron chi connectivity index (χ1n) is 8.14. The lowest BCUT2D eigenvalue weighted by Gasteiger charge is -2.28. The molecule has 1 saturated carbocycles. The number of pyridine rings is 1. The first-order valence-corrected chi connectivity index (χ1v) is 8.14. The lowest BCUT2D eigenvalue weighted by atomic mass is 9.85. The molecule has 0 aromatic carbocycles. The second-order valence-corrected chi connectivity index (χ2v) is 5.84. The zero-order chi connectivity index (χ0) is 14.2. The molecule has 20 heavy (non-hydrogen) atoms. The van der Waals surface area contributed by atoms with E-state index in [2.05, 4.69) is 36.3 Å². The summed E-state index contributed by atoms with van der Waals surface area (Å²) < 4.78 is 6.09. The van der Waals surface area contributed by atoms with Crippen molar-refractivity contribution >= 4 is 0 Å². The third kappa shape index (κ3) is 4.78. The van der Waals surface area contributed by atoms with Crippen molar-refractivity contribution in [2.24, 2.45) is 5.92 Å². The topological polar surface area (TPSA) is 34.1 Å². The monoisotopic (exact) mass is 276 g/mol. The number of rotatable bonds is 7. The molecule has 0 spiro atoms. The number of aromatic nitrogens is 1. The van der Waals surface area contributed by atoms with E-state index in [1.165, 1.54) is 32.1 Å². The zero-order valence-electron chi connectivity index (χ0n) is 12.9. The normalized spacial score (nSPS) is 22.7. The molecule has 1 aromatic heterocycles. The maximum Gasteiger partial charge on any atom is 0.138 e. The lowest BCUT2D eigenvalue weighted by Crippen LogP contribution is -2.25. The quantitative estimate of drug-likeness (QED) is 0.766. The molecule has 0 amide bonds. The number of ether oxygens (including phenoxy) is 1. The van der Waals surface area contributed by atoms with E-state index < -0.39 is 0 Å². The summed E-state index contributed by atoms with van der Waals surface area (Å²) in [5, 5.41) is 3.36. The van der Waals surface area contributed by atoms with Gasteiger partial charge in [-0.05, 0) is 50.3 Å². The second kappa shape index (κ2) is 8.25. The van der Waals surface area contributed by atoms with Crippen LogP contribution in [-0.2, 0) is 6.54 Å². The minimum atomic E-state index is 0.388. The molecule has 1 N–H and O–H groups in total. The van der Waals surface area contributed by atoms with Gasteiger partial charge in [0.15, 0.2) is 0 Å². The van der Waals surface area contributed by atoms with E-state index in [0.29, 0.717) is 6.10 Å². The smallest absolute Gasteiger partial charge is 0.138 e. The number of nitrogens with one attached hydrogen (secondary N) is 1. The fraction of sp³-hybridized carbons (Fsp3) is 0.706. The first-order chi connectivity index (χ1) is 9.81. The standard InChI is InChI=1S/C17H28N2O/c1-3-10-18-12-15-8-9-17(13-19-15)20-16-7-5-6-14(4-2)11-16/h8-9,13-14,16,18H,3-7,10-12H2,1-2H3. The Morgan fingerprint density at radius 1 is 1.30 bits per heavy atom. The molecule has 0 aliphatic heterocycles. The molecule has 1 heterocycles. The van der Waals surface area contributed by atoms with E-state index >= 15 is 0 Å². The molecule has 0 saturated heterocycles. The first kappa shape index (κ1) is 15.3. The summed E-state index contributed by atoms with van der Waals surface area (Å²) in [6.07, 6.45) is 9.76. The van der Waals surface area contributed by atoms with Crippen LogP contribution in [0.2, 0.25) is 0 Å². The molecular weight excluding hydrogens is 248 g/mol. The molecule has 2 rings (SSSR count). The van der Waals surface area contributed by atoms with Crippen LogP contribution in [0, 0.1) is 5.92 Å².